The summed E-state index contributed by atoms with van der Waals surface area (Å²) >= 11 is 1.39. The Labute approximate surface area is 101 Å². The topological polar surface area (TPSA) is 41.1 Å². The third kappa shape index (κ3) is 5.69. The summed E-state index contributed by atoms with van der Waals surface area (Å²) < 4.78 is 35.6. The Kier molecular flexibility index (Phi) is 4.95. The van der Waals surface area contributed by atoms with Gasteiger partial charge in [0.05, 0.1) is 12.1 Å². The van der Waals surface area contributed by atoms with E-state index in [9.17, 15) is 18.0 Å². The number of hydrogen-bond donors (Lipinski definition) is 2. The molecule has 0 spiro atoms. The Morgan fingerprint density at radius 1 is 1.47 bits per heavy atom. The minimum Gasteiger partial charge on any atom is -0.325 e. The highest BCUT2D eigenvalue weighted by Gasteiger charge is 2.25. The number of rotatable bonds is 5. The van der Waals surface area contributed by atoms with Crippen molar-refractivity contribution >= 4 is 22.9 Å². The first kappa shape index (κ1) is 14.0. The second-order valence-electron chi connectivity index (χ2n) is 3.48. The Morgan fingerprint density at radius 2 is 2.18 bits per heavy atom. The lowest BCUT2D eigenvalue weighted by Gasteiger charge is -2.08. The molecule has 2 N–H and O–H groups in total. The Morgan fingerprint density at radius 3 is 2.76 bits per heavy atom. The zero-order valence-corrected chi connectivity index (χ0v) is 10.0. The van der Waals surface area contributed by atoms with Gasteiger partial charge in [0.15, 0.2) is 0 Å². The van der Waals surface area contributed by atoms with E-state index in [4.69, 9.17) is 0 Å². The van der Waals surface area contributed by atoms with Crippen molar-refractivity contribution in [1.29, 1.82) is 0 Å². The van der Waals surface area contributed by atoms with Crippen LogP contribution in [0.2, 0.25) is 0 Å². The average molecular weight is 266 g/mol. The van der Waals surface area contributed by atoms with Gasteiger partial charge in [-0.25, -0.2) is 0 Å². The summed E-state index contributed by atoms with van der Waals surface area (Å²) in [6.45, 7) is 1.59. The zero-order valence-electron chi connectivity index (χ0n) is 9.23. The van der Waals surface area contributed by atoms with Crippen LogP contribution in [0, 0.1) is 0 Å². The smallest absolute Gasteiger partial charge is 0.325 e. The summed E-state index contributed by atoms with van der Waals surface area (Å²) in [7, 11) is 0. The van der Waals surface area contributed by atoms with Gasteiger partial charge >= 0.3 is 6.18 Å². The van der Waals surface area contributed by atoms with Crippen molar-refractivity contribution in [2.45, 2.75) is 26.1 Å². The second-order valence-corrected chi connectivity index (χ2v) is 4.48. The van der Waals surface area contributed by atoms with E-state index in [2.05, 4.69) is 10.6 Å². The van der Waals surface area contributed by atoms with Crippen LogP contribution in [0.1, 0.15) is 18.2 Å². The molecule has 0 radical (unpaired) electrons. The largest absolute Gasteiger partial charge is 0.390 e. The lowest BCUT2D eigenvalue weighted by atomic mass is 10.3. The number of thiophene rings is 1. The Balaban J connectivity index is 2.36. The normalized spacial score (nSPS) is 11.5. The van der Waals surface area contributed by atoms with Crippen molar-refractivity contribution in [2.75, 3.05) is 11.9 Å². The lowest BCUT2D eigenvalue weighted by molar-refractivity contribution is -0.133. The molecule has 0 aliphatic heterocycles. The van der Waals surface area contributed by atoms with Crippen LogP contribution in [0.5, 0.6) is 0 Å². The number of nitrogens with one attached hydrogen (secondary N) is 2. The number of hydrogen-bond acceptors (Lipinski definition) is 3. The fourth-order valence-corrected chi connectivity index (χ4v) is 2.01. The summed E-state index contributed by atoms with van der Waals surface area (Å²) in [5.74, 6) is -0.194. The van der Waals surface area contributed by atoms with E-state index in [0.717, 1.165) is 4.88 Å². The molecule has 17 heavy (non-hydrogen) atoms. The van der Waals surface area contributed by atoms with Crippen LogP contribution < -0.4 is 10.6 Å². The fraction of sp³-hybridized carbons (Fsp3) is 0.500. The molecule has 1 amide bonds. The van der Waals surface area contributed by atoms with Gasteiger partial charge in [0.2, 0.25) is 5.91 Å². The van der Waals surface area contributed by atoms with Crippen molar-refractivity contribution in [3.05, 3.63) is 16.3 Å². The number of alkyl halides is 3. The lowest BCUT2D eigenvalue weighted by Crippen LogP contribution is -2.21. The molecule has 0 saturated carbocycles. The van der Waals surface area contributed by atoms with Crippen molar-refractivity contribution in [2.24, 2.45) is 0 Å². The first-order valence-electron chi connectivity index (χ1n) is 5.00. The van der Waals surface area contributed by atoms with Crippen molar-refractivity contribution in [3.63, 3.8) is 0 Å². The average Bonchev–Trinajstić information content (AvgIpc) is 2.58. The van der Waals surface area contributed by atoms with Crippen LogP contribution in [-0.4, -0.2) is 18.6 Å². The molecule has 1 heterocycles. The number of carbonyl (C=O) groups excluding carboxylic acids is 1. The van der Waals surface area contributed by atoms with Gasteiger partial charge < -0.3 is 10.6 Å². The molecule has 0 atom stereocenters. The minimum atomic E-state index is -4.14. The van der Waals surface area contributed by atoms with Crippen LogP contribution in [0.15, 0.2) is 11.4 Å². The molecule has 0 bridgehead atoms. The Bertz CT molecular complexity index is 376. The molecule has 0 saturated heterocycles. The summed E-state index contributed by atoms with van der Waals surface area (Å²) in [5, 5.41) is 7.10. The number of halogens is 3. The molecule has 0 aromatic carbocycles. The molecule has 0 aliphatic rings. The summed E-state index contributed by atoms with van der Waals surface area (Å²) in [4.78, 5) is 11.7. The maximum absolute atomic E-state index is 11.9. The monoisotopic (exact) mass is 266 g/mol. The van der Waals surface area contributed by atoms with Gasteiger partial charge in [-0.05, 0) is 11.4 Å². The maximum Gasteiger partial charge on any atom is 0.390 e. The highest BCUT2D eigenvalue weighted by atomic mass is 32.1. The van der Waals surface area contributed by atoms with Crippen LogP contribution >= 0.6 is 11.3 Å². The standard InChI is InChI=1S/C10H13F3N2OS/c1-7(16)15-8-2-5-17-9(8)6-14-4-3-10(11,12)13/h2,5,14H,3-4,6H2,1H3,(H,15,16). The first-order valence-corrected chi connectivity index (χ1v) is 5.88. The van der Waals surface area contributed by atoms with Crippen LogP contribution in [0.25, 0.3) is 0 Å². The predicted molar refractivity (Wildman–Crippen MR) is 61.0 cm³/mol. The molecule has 1 aromatic heterocycles. The zero-order chi connectivity index (χ0) is 12.9. The van der Waals surface area contributed by atoms with Crippen molar-refractivity contribution in [3.8, 4) is 0 Å². The van der Waals surface area contributed by atoms with E-state index in [-0.39, 0.29) is 12.5 Å². The van der Waals surface area contributed by atoms with Gasteiger partial charge in [-0.15, -0.1) is 11.3 Å². The molecule has 0 unspecified atom stereocenters. The van der Waals surface area contributed by atoms with Gasteiger partial charge in [0.25, 0.3) is 0 Å². The highest BCUT2D eigenvalue weighted by Crippen LogP contribution is 2.22. The summed E-state index contributed by atoms with van der Waals surface area (Å²) in [6.07, 6.45) is -4.99. The molecule has 0 aliphatic carbocycles. The quantitative estimate of drug-likeness (QED) is 0.805. The number of amides is 1. The molecule has 1 rings (SSSR count). The van der Waals surface area contributed by atoms with Crippen LogP contribution in [-0.2, 0) is 11.3 Å². The molecule has 0 fully saturated rings. The number of carbonyl (C=O) groups is 1. The highest BCUT2D eigenvalue weighted by molar-refractivity contribution is 7.10. The van der Waals surface area contributed by atoms with E-state index in [1.165, 1.54) is 18.3 Å². The maximum atomic E-state index is 11.9. The van der Waals surface area contributed by atoms with Gasteiger partial charge in [-0.2, -0.15) is 13.2 Å². The van der Waals surface area contributed by atoms with Gasteiger partial charge in [-0.1, -0.05) is 0 Å². The van der Waals surface area contributed by atoms with Gasteiger partial charge in [0.1, 0.15) is 0 Å². The molecule has 96 valence electrons. The van der Waals surface area contributed by atoms with E-state index >= 15 is 0 Å². The van der Waals surface area contributed by atoms with E-state index in [0.29, 0.717) is 12.2 Å². The molecular weight excluding hydrogens is 253 g/mol. The van der Waals surface area contributed by atoms with E-state index in [1.807, 2.05) is 0 Å². The van der Waals surface area contributed by atoms with E-state index < -0.39 is 12.6 Å². The summed E-state index contributed by atoms with van der Waals surface area (Å²) in [6, 6.07) is 1.73. The van der Waals surface area contributed by atoms with Crippen molar-refractivity contribution < 1.29 is 18.0 Å². The SMILES string of the molecule is CC(=O)Nc1ccsc1CNCCC(F)(F)F. The minimum absolute atomic E-state index is 0.124. The molecule has 3 nitrogen and oxygen atoms in total. The van der Waals surface area contributed by atoms with Crippen molar-refractivity contribution in [1.82, 2.24) is 5.32 Å². The van der Waals surface area contributed by atoms with Crippen LogP contribution in [0.3, 0.4) is 0 Å². The second kappa shape index (κ2) is 6.02. The molecule has 1 aromatic rings. The first-order chi connectivity index (χ1) is 7.88. The predicted octanol–water partition coefficient (Wildman–Crippen LogP) is 2.75. The van der Waals surface area contributed by atoms with Gasteiger partial charge in [0, 0.05) is 24.9 Å². The van der Waals surface area contributed by atoms with Crippen LogP contribution in [0.4, 0.5) is 18.9 Å². The molecular formula is C10H13F3N2OS. The molecule has 7 heteroatoms. The fourth-order valence-electron chi connectivity index (χ4n) is 1.21. The number of anilines is 1. The third-order valence-corrected chi connectivity index (χ3v) is 2.85. The van der Waals surface area contributed by atoms with E-state index in [1.54, 1.807) is 11.4 Å². The Hall–Kier alpha value is -1.08. The third-order valence-electron chi connectivity index (χ3n) is 1.93. The summed E-state index contributed by atoms with van der Waals surface area (Å²) in [5.41, 5.74) is 0.655. The van der Waals surface area contributed by atoms with Gasteiger partial charge in [-0.3, -0.25) is 4.79 Å².